The molecule has 2 nitrogen and oxygen atoms in total. The summed E-state index contributed by atoms with van der Waals surface area (Å²) < 4.78 is 0. The van der Waals surface area contributed by atoms with E-state index in [1.807, 2.05) is 0 Å². The molecule has 6 heteroatoms. The summed E-state index contributed by atoms with van der Waals surface area (Å²) in [6.45, 7) is 6.00. The fourth-order valence-electron chi connectivity index (χ4n) is 0. The molecule has 0 rings (SSSR count). The smallest absolute Gasteiger partial charge is 0 e. The van der Waals surface area contributed by atoms with E-state index >= 15 is 0 Å². The fraction of sp³-hybridized carbons (Fsp3) is 0.333. The molecule has 0 radical (unpaired) electrons. The van der Waals surface area contributed by atoms with Gasteiger partial charge >= 0.3 is 0 Å². The van der Waals surface area contributed by atoms with Crippen molar-refractivity contribution in [1.82, 2.24) is 0 Å². The summed E-state index contributed by atoms with van der Waals surface area (Å²) in [6, 6.07) is 0. The molecule has 0 amide bonds. The van der Waals surface area contributed by atoms with Crippen molar-refractivity contribution in [2.75, 3.05) is 0 Å². The van der Waals surface area contributed by atoms with Crippen LogP contribution in [-0.2, 0) is 0 Å². The predicted octanol–water partition coefficient (Wildman–Crippen LogP) is 2.38. The Kier molecular flexibility index (Phi) is 3930. The number of rotatable bonds is 0. The third kappa shape index (κ3) is 523. The van der Waals surface area contributed by atoms with Crippen LogP contribution in [0.3, 0.4) is 0 Å². The molecule has 0 bridgehead atoms. The van der Waals surface area contributed by atoms with Crippen molar-refractivity contribution >= 4 is 44.8 Å². The highest BCUT2D eigenvalue weighted by Gasteiger charge is 0.882. The normalized spacial score (nSPS) is 1.56. The van der Waals surface area contributed by atoms with Gasteiger partial charge in [0.25, 0.3) is 0 Å². The highest BCUT2D eigenvalue weighted by atomic mass is 32.1. The molecular weight excluding hydrogens is 194 g/mol. The monoisotopic (exact) mass is 210 g/mol. The average molecular weight is 210 g/mol. The number of hydrogen-bond acceptors (Lipinski definition) is 2. The van der Waals surface area contributed by atoms with Crippen LogP contribution in [0.2, 0.25) is 0 Å². The third-order valence-electron chi connectivity index (χ3n) is 0. The first-order valence-electron chi connectivity index (χ1n) is 1.00. The zero-order valence-electron chi connectivity index (χ0n) is 4.39. The van der Waals surface area contributed by atoms with Crippen LogP contribution >= 0.6 is 44.8 Å². The van der Waals surface area contributed by atoms with Crippen LogP contribution in [0.25, 0.3) is 0 Å². The molecule has 0 aromatic rings. The Balaban J connectivity index is -0.00000000321. The molecule has 9 heavy (non-hydrogen) atoms. The van der Waals surface area contributed by atoms with Crippen molar-refractivity contribution in [3.63, 3.8) is 0 Å². The molecule has 0 aliphatic heterocycles. The molecule has 2 unspecified atom stereocenters. The molecule has 0 N–H and O–H groups in total. The maximum atomic E-state index is 7.00. The van der Waals surface area contributed by atoms with Crippen LogP contribution in [0.15, 0.2) is 13.2 Å². The Bertz CT molecular complexity index is 19.8. The summed E-state index contributed by atoms with van der Waals surface area (Å²) in [4.78, 5) is 14.0. The Morgan fingerprint density at radius 3 is 0.889 bits per heavy atom. The van der Waals surface area contributed by atoms with E-state index in [0.29, 0.717) is 0 Å². The van der Waals surface area contributed by atoms with Gasteiger partial charge < -0.3 is 0 Å². The van der Waals surface area contributed by atoms with E-state index in [2.05, 4.69) is 31.0 Å². The van der Waals surface area contributed by atoms with Gasteiger partial charge in [0, 0.05) is 9.93 Å². The van der Waals surface area contributed by atoms with Gasteiger partial charge in [-0.25, -0.2) is 0 Å². The second-order valence-electron chi connectivity index (χ2n) is 0. The maximum Gasteiger partial charge on any atom is 0 e. The lowest BCUT2D eigenvalue weighted by Gasteiger charge is -1.12. The zero-order valence-corrected chi connectivity index (χ0v) is 8.69. The molecule has 0 saturated heterocycles. The summed E-state index contributed by atoms with van der Waals surface area (Å²) >= 11 is 0. The molecular formula is C3H16O2P2S2. The first-order chi connectivity index (χ1) is 3.00. The standard InChI is InChI=1S/C2H4.CH4.O2.H4P2.2H2S/c1-2;;2*1-2;;/h1-2H2;1H4;;1-2H2;2*1H2. The van der Waals surface area contributed by atoms with Gasteiger partial charge in [0.1, 0.15) is 0 Å². The van der Waals surface area contributed by atoms with Crippen molar-refractivity contribution < 1.29 is 0 Å². The van der Waals surface area contributed by atoms with Crippen LogP contribution < -0.4 is 0 Å². The molecule has 0 aliphatic carbocycles. The minimum atomic E-state index is 0. The van der Waals surface area contributed by atoms with Crippen LogP contribution in [0.4, 0.5) is 0 Å². The largest absolute Gasteiger partial charge is 0.197 e. The quantitative estimate of drug-likeness (QED) is 0.454. The Labute approximate surface area is 75.7 Å². The minimum absolute atomic E-state index is 0. The van der Waals surface area contributed by atoms with Crippen molar-refractivity contribution in [1.29, 1.82) is 0 Å². The van der Waals surface area contributed by atoms with Gasteiger partial charge in [-0.3, -0.25) is 0 Å². The lowest BCUT2D eigenvalue weighted by molar-refractivity contribution is 2.50. The highest BCUT2D eigenvalue weighted by Crippen LogP contribution is 1.86. The lowest BCUT2D eigenvalue weighted by Crippen LogP contribution is -0.674. The van der Waals surface area contributed by atoms with Gasteiger partial charge in [-0.15, -0.1) is 31.0 Å². The summed E-state index contributed by atoms with van der Waals surface area (Å²) in [5, 5.41) is 0. The first-order valence-corrected chi connectivity index (χ1v) is 3.67. The zero-order chi connectivity index (χ0) is 6.00. The van der Waals surface area contributed by atoms with E-state index in [0.717, 1.165) is 0 Å². The van der Waals surface area contributed by atoms with Crippen molar-refractivity contribution in [2.45, 2.75) is 7.43 Å². The predicted molar refractivity (Wildman–Crippen MR) is 64.9 cm³/mol. The highest BCUT2D eigenvalue weighted by molar-refractivity contribution is 7.92. The van der Waals surface area contributed by atoms with Crippen LogP contribution in [-0.4, -0.2) is 0 Å². The van der Waals surface area contributed by atoms with Crippen molar-refractivity contribution in [3.8, 4) is 0 Å². The van der Waals surface area contributed by atoms with E-state index in [4.69, 9.17) is 9.93 Å². The molecule has 0 saturated carbocycles. The second-order valence-corrected chi connectivity index (χ2v) is 0. The summed E-state index contributed by atoms with van der Waals surface area (Å²) in [5.41, 5.74) is 0. The second kappa shape index (κ2) is 686. The van der Waals surface area contributed by atoms with E-state index < -0.39 is 0 Å². The molecule has 0 aromatic heterocycles. The van der Waals surface area contributed by atoms with Crippen LogP contribution in [0.1, 0.15) is 7.43 Å². The van der Waals surface area contributed by atoms with E-state index in [9.17, 15) is 0 Å². The minimum Gasteiger partial charge on any atom is -0.197 e. The summed E-state index contributed by atoms with van der Waals surface area (Å²) in [5.74, 6) is 0. The molecule has 0 spiro atoms. The molecule has 0 fully saturated rings. The molecule has 0 heterocycles. The van der Waals surface area contributed by atoms with E-state index in [-0.39, 0.29) is 34.4 Å². The topological polar surface area (TPSA) is 34.1 Å². The van der Waals surface area contributed by atoms with Gasteiger partial charge in [-0.05, 0) is 0 Å². The molecule has 2 atom stereocenters. The van der Waals surface area contributed by atoms with Crippen LogP contribution in [0, 0.1) is 9.93 Å². The van der Waals surface area contributed by atoms with Crippen molar-refractivity contribution in [2.24, 2.45) is 0 Å². The molecule has 0 aliphatic rings. The van der Waals surface area contributed by atoms with E-state index in [1.54, 1.807) is 0 Å². The SMILES string of the molecule is C.C=C.O=O.PP.S.S. The third-order valence-corrected chi connectivity index (χ3v) is 0. The average Bonchev–Trinajstić information content (AvgIpc) is 1.81. The molecule has 62 valence electrons. The Hall–Kier alpha value is 0.900. The van der Waals surface area contributed by atoms with Crippen LogP contribution in [0.5, 0.6) is 0 Å². The Morgan fingerprint density at radius 2 is 0.889 bits per heavy atom. The van der Waals surface area contributed by atoms with Gasteiger partial charge in [-0.1, -0.05) is 7.43 Å². The van der Waals surface area contributed by atoms with Crippen molar-refractivity contribution in [3.05, 3.63) is 23.1 Å². The van der Waals surface area contributed by atoms with E-state index in [1.165, 1.54) is 0 Å². The van der Waals surface area contributed by atoms with Gasteiger partial charge in [0.15, 0.2) is 0 Å². The lowest BCUT2D eigenvalue weighted by atomic mass is 11.3. The number of hydrogen-bond donors (Lipinski definition) is 0. The van der Waals surface area contributed by atoms with Gasteiger partial charge in [0.2, 0.25) is 0 Å². The molecule has 0 aromatic carbocycles. The fourth-order valence-corrected chi connectivity index (χ4v) is 0. The Morgan fingerprint density at radius 1 is 0.889 bits per heavy atom. The van der Waals surface area contributed by atoms with Gasteiger partial charge in [0.05, 0.1) is 0 Å². The summed E-state index contributed by atoms with van der Waals surface area (Å²) in [7, 11) is 4.67. The first kappa shape index (κ1) is 51.6. The van der Waals surface area contributed by atoms with Gasteiger partial charge in [-0.2, -0.15) is 27.0 Å². The maximum absolute atomic E-state index is 7.00. The summed E-state index contributed by atoms with van der Waals surface area (Å²) in [6.07, 6.45) is 0.